The fourth-order valence-corrected chi connectivity index (χ4v) is 3.20. The number of sulfonamides is 1. The monoisotopic (exact) mass is 377 g/mol. The predicted octanol–water partition coefficient (Wildman–Crippen LogP) is -0.680. The molecule has 1 atom stereocenters. The van der Waals surface area contributed by atoms with E-state index in [1.165, 1.54) is 13.1 Å². The van der Waals surface area contributed by atoms with E-state index in [-0.39, 0.29) is 40.9 Å². The third-order valence-electron chi connectivity index (χ3n) is 3.37. The number of aromatic amines is 1. The van der Waals surface area contributed by atoms with Gasteiger partial charge in [-0.3, -0.25) is 14.3 Å². The third kappa shape index (κ3) is 4.20. The Kier molecular flexibility index (Phi) is 6.67. The van der Waals surface area contributed by atoms with Gasteiger partial charge >= 0.3 is 5.69 Å². The molecule has 0 spiro atoms. The Balaban J connectivity index is 0.00000288. The topological polar surface area (TPSA) is 126 Å². The molecule has 2 rings (SSSR count). The molecule has 0 aliphatic heterocycles. The van der Waals surface area contributed by atoms with E-state index in [2.05, 4.69) is 20.0 Å². The summed E-state index contributed by atoms with van der Waals surface area (Å²) in [6, 6.07) is 1.17. The summed E-state index contributed by atoms with van der Waals surface area (Å²) in [5.41, 5.74) is -1.16. The highest BCUT2D eigenvalue weighted by Crippen LogP contribution is 2.12. The number of H-pyrrole nitrogens is 1. The summed E-state index contributed by atoms with van der Waals surface area (Å²) < 4.78 is 28.2. The van der Waals surface area contributed by atoms with Crippen LogP contribution in [0.3, 0.4) is 0 Å². The first-order valence-corrected chi connectivity index (χ1v) is 8.56. The van der Waals surface area contributed by atoms with Crippen LogP contribution in [0.5, 0.6) is 0 Å². The van der Waals surface area contributed by atoms with Crippen molar-refractivity contribution in [1.29, 1.82) is 0 Å². The van der Waals surface area contributed by atoms with E-state index in [4.69, 9.17) is 0 Å². The van der Waals surface area contributed by atoms with Crippen LogP contribution < -0.4 is 21.3 Å². The number of aromatic nitrogens is 3. The summed E-state index contributed by atoms with van der Waals surface area (Å²) >= 11 is 0. The SMILES string of the molecule is CCN[C@H](C)CNS(=O)(=O)c1cnc2c(c1)c(=O)[nH]c(=O)n2C.Cl. The van der Waals surface area contributed by atoms with Crippen LogP contribution >= 0.6 is 12.4 Å². The van der Waals surface area contributed by atoms with Crippen LogP contribution in [-0.2, 0) is 17.1 Å². The lowest BCUT2D eigenvalue weighted by molar-refractivity contribution is 0.536. The van der Waals surface area contributed by atoms with Crippen molar-refractivity contribution in [2.45, 2.75) is 24.8 Å². The first-order valence-electron chi connectivity index (χ1n) is 7.08. The van der Waals surface area contributed by atoms with Crippen LogP contribution in [-0.4, -0.2) is 42.1 Å². The maximum atomic E-state index is 12.3. The number of nitrogens with zero attached hydrogens (tertiary/aromatic N) is 2. The molecule has 2 aromatic heterocycles. The average molecular weight is 378 g/mol. The second-order valence-electron chi connectivity index (χ2n) is 5.17. The first kappa shape index (κ1) is 20.3. The van der Waals surface area contributed by atoms with E-state index < -0.39 is 21.3 Å². The van der Waals surface area contributed by atoms with Gasteiger partial charge in [0.15, 0.2) is 0 Å². The van der Waals surface area contributed by atoms with Gasteiger partial charge in [-0.15, -0.1) is 12.4 Å². The molecule has 134 valence electrons. The molecule has 0 radical (unpaired) electrons. The number of hydrogen-bond donors (Lipinski definition) is 3. The summed E-state index contributed by atoms with van der Waals surface area (Å²) in [4.78, 5) is 29.3. The minimum absolute atomic E-state index is 0. The van der Waals surface area contributed by atoms with Gasteiger partial charge < -0.3 is 5.32 Å². The second kappa shape index (κ2) is 7.88. The smallest absolute Gasteiger partial charge is 0.313 e. The maximum Gasteiger partial charge on any atom is 0.329 e. The fraction of sp³-hybridized carbons (Fsp3) is 0.462. The van der Waals surface area contributed by atoms with E-state index in [9.17, 15) is 18.0 Å². The number of fused-ring (bicyclic) bond motifs is 1. The molecular formula is C13H20ClN5O4S. The van der Waals surface area contributed by atoms with Crippen molar-refractivity contribution < 1.29 is 8.42 Å². The number of aryl methyl sites for hydroxylation is 1. The molecule has 0 fully saturated rings. The predicted molar refractivity (Wildman–Crippen MR) is 93.2 cm³/mol. The molecular weight excluding hydrogens is 358 g/mol. The van der Waals surface area contributed by atoms with Crippen molar-refractivity contribution in [2.24, 2.45) is 7.05 Å². The van der Waals surface area contributed by atoms with Crippen molar-refractivity contribution in [3.05, 3.63) is 33.1 Å². The molecule has 11 heteroatoms. The van der Waals surface area contributed by atoms with Gasteiger partial charge in [0.25, 0.3) is 5.56 Å². The number of likely N-dealkylation sites (N-methyl/N-ethyl adjacent to an activating group) is 1. The summed E-state index contributed by atoms with van der Waals surface area (Å²) in [5.74, 6) is 0. The minimum atomic E-state index is -3.80. The Bertz CT molecular complexity index is 938. The molecule has 2 aromatic rings. The largest absolute Gasteiger partial charge is 0.329 e. The van der Waals surface area contributed by atoms with Gasteiger partial charge in [-0.05, 0) is 19.5 Å². The zero-order chi connectivity index (χ0) is 17.2. The van der Waals surface area contributed by atoms with E-state index in [0.717, 1.165) is 17.3 Å². The van der Waals surface area contributed by atoms with Crippen molar-refractivity contribution >= 4 is 33.5 Å². The van der Waals surface area contributed by atoms with E-state index in [0.29, 0.717) is 0 Å². The molecule has 0 aromatic carbocycles. The van der Waals surface area contributed by atoms with Gasteiger partial charge in [0.1, 0.15) is 10.5 Å². The number of pyridine rings is 1. The molecule has 0 unspecified atom stereocenters. The maximum absolute atomic E-state index is 12.3. The number of halogens is 1. The van der Waals surface area contributed by atoms with E-state index in [1.54, 1.807) is 0 Å². The Morgan fingerprint density at radius 2 is 2.04 bits per heavy atom. The first-order chi connectivity index (χ1) is 10.8. The quantitative estimate of drug-likeness (QED) is 0.612. The normalized spacial score (nSPS) is 12.8. The third-order valence-corrected chi connectivity index (χ3v) is 4.76. The van der Waals surface area contributed by atoms with Crippen molar-refractivity contribution in [2.75, 3.05) is 13.1 Å². The van der Waals surface area contributed by atoms with Crippen molar-refractivity contribution in [1.82, 2.24) is 24.6 Å². The summed E-state index contributed by atoms with van der Waals surface area (Å²) in [7, 11) is -2.35. The lowest BCUT2D eigenvalue weighted by Gasteiger charge is -2.13. The van der Waals surface area contributed by atoms with Gasteiger partial charge in [-0.25, -0.2) is 22.9 Å². The standard InChI is InChI=1S/C13H19N5O4S.ClH/c1-4-14-8(2)6-16-23(21,22)9-5-10-11(15-7-9)18(3)13(20)17-12(10)19;/h5,7-8,14,16H,4,6H2,1-3H3,(H,17,19,20);1H/t8-;/m1./s1. The van der Waals surface area contributed by atoms with Crippen molar-refractivity contribution in [3.8, 4) is 0 Å². The van der Waals surface area contributed by atoms with Gasteiger partial charge in [-0.1, -0.05) is 6.92 Å². The molecule has 0 saturated carbocycles. The van der Waals surface area contributed by atoms with E-state index >= 15 is 0 Å². The molecule has 24 heavy (non-hydrogen) atoms. The second-order valence-corrected chi connectivity index (χ2v) is 6.94. The average Bonchev–Trinajstić information content (AvgIpc) is 2.51. The zero-order valence-corrected chi connectivity index (χ0v) is 15.1. The summed E-state index contributed by atoms with van der Waals surface area (Å²) in [6.45, 7) is 4.71. The molecule has 0 saturated heterocycles. The highest BCUT2D eigenvalue weighted by Gasteiger charge is 2.18. The van der Waals surface area contributed by atoms with Crippen LogP contribution in [0.15, 0.2) is 26.7 Å². The van der Waals surface area contributed by atoms with Crippen LogP contribution in [0, 0.1) is 0 Å². The highest BCUT2D eigenvalue weighted by molar-refractivity contribution is 7.89. The molecule has 0 bridgehead atoms. The molecule has 3 N–H and O–H groups in total. The Morgan fingerprint density at radius 3 is 2.67 bits per heavy atom. The zero-order valence-electron chi connectivity index (χ0n) is 13.5. The molecule has 0 aliphatic rings. The van der Waals surface area contributed by atoms with Gasteiger partial charge in [0.05, 0.1) is 5.39 Å². The lowest BCUT2D eigenvalue weighted by atomic mass is 10.3. The Hall–Kier alpha value is -1.75. The van der Waals surface area contributed by atoms with Gasteiger partial charge in [-0.2, -0.15) is 0 Å². The summed E-state index contributed by atoms with van der Waals surface area (Å²) in [5, 5.41) is 3.12. The molecule has 2 heterocycles. The van der Waals surface area contributed by atoms with Gasteiger partial charge in [0, 0.05) is 25.8 Å². The summed E-state index contributed by atoms with van der Waals surface area (Å²) in [6.07, 6.45) is 1.13. The molecule has 0 amide bonds. The molecule has 0 aliphatic carbocycles. The minimum Gasteiger partial charge on any atom is -0.313 e. The Morgan fingerprint density at radius 1 is 1.38 bits per heavy atom. The fourth-order valence-electron chi connectivity index (χ4n) is 2.10. The van der Waals surface area contributed by atoms with Crippen LogP contribution in [0.4, 0.5) is 0 Å². The molecule has 9 nitrogen and oxygen atoms in total. The van der Waals surface area contributed by atoms with Gasteiger partial charge in [0.2, 0.25) is 10.0 Å². The number of nitrogens with one attached hydrogen (secondary N) is 3. The van der Waals surface area contributed by atoms with Crippen LogP contribution in [0.2, 0.25) is 0 Å². The highest BCUT2D eigenvalue weighted by atomic mass is 35.5. The van der Waals surface area contributed by atoms with E-state index in [1.807, 2.05) is 13.8 Å². The Labute approximate surface area is 145 Å². The van der Waals surface area contributed by atoms with Crippen LogP contribution in [0.25, 0.3) is 11.0 Å². The van der Waals surface area contributed by atoms with Crippen LogP contribution in [0.1, 0.15) is 13.8 Å². The van der Waals surface area contributed by atoms with Crippen molar-refractivity contribution in [3.63, 3.8) is 0 Å². The number of rotatable bonds is 6. The lowest BCUT2D eigenvalue weighted by Crippen LogP contribution is -2.38. The number of hydrogen-bond acceptors (Lipinski definition) is 6.